The second-order valence-electron chi connectivity index (χ2n) is 4.39. The summed E-state index contributed by atoms with van der Waals surface area (Å²) in [5, 5.41) is 7.13. The van der Waals surface area contributed by atoms with Crippen molar-refractivity contribution in [1.29, 1.82) is 5.41 Å². The molecule has 0 amide bonds. The first-order valence-corrected chi connectivity index (χ1v) is 6.89. The molecular weight excluding hydrogens is 228 g/mol. The average Bonchev–Trinajstić information content (AvgIpc) is 2.84. The fraction of sp³-hybridized carbons (Fsp3) is 0.889. The van der Waals surface area contributed by atoms with E-state index >= 15 is 0 Å². The van der Waals surface area contributed by atoms with Crippen LogP contribution in [0.15, 0.2) is 0 Å². The molecule has 1 aliphatic carbocycles. The Morgan fingerprint density at radius 1 is 1.56 bits per heavy atom. The van der Waals surface area contributed by atoms with Crippen LogP contribution in [0.4, 0.5) is 0 Å². The van der Waals surface area contributed by atoms with Gasteiger partial charge in [-0.1, -0.05) is 0 Å². The highest BCUT2D eigenvalue weighted by Gasteiger charge is 2.37. The fourth-order valence-electron chi connectivity index (χ4n) is 1.46. The Hall–Kier alpha value is -0.660. The van der Waals surface area contributed by atoms with Gasteiger partial charge < -0.3 is 5.73 Å². The third-order valence-corrected chi connectivity index (χ3v) is 4.12. The SMILES string of the molecule is CC(C)NS(=O)(=O)N(CCC(=N)N)C1CC1. The van der Waals surface area contributed by atoms with Crippen LogP contribution in [0.5, 0.6) is 0 Å². The Morgan fingerprint density at radius 2 is 2.12 bits per heavy atom. The standard InChI is InChI=1S/C9H20N4O2S/c1-7(2)12-16(14,15)13(8-3-4-8)6-5-9(10)11/h7-8,12H,3-6H2,1-2H3,(H3,10,11). The molecule has 0 heterocycles. The molecule has 0 aliphatic heterocycles. The van der Waals surface area contributed by atoms with Crippen molar-refractivity contribution in [3.63, 3.8) is 0 Å². The van der Waals surface area contributed by atoms with Crippen LogP contribution in [0.1, 0.15) is 33.1 Å². The number of nitrogens with zero attached hydrogens (tertiary/aromatic N) is 1. The molecule has 0 saturated heterocycles. The second-order valence-corrected chi connectivity index (χ2v) is 6.05. The molecule has 7 heteroatoms. The topological polar surface area (TPSA) is 99.3 Å². The summed E-state index contributed by atoms with van der Waals surface area (Å²) in [5.41, 5.74) is 5.25. The van der Waals surface area contributed by atoms with Crippen LogP contribution in [0.25, 0.3) is 0 Å². The molecule has 1 aliphatic rings. The molecule has 0 aromatic heterocycles. The normalized spacial score (nSPS) is 17.0. The monoisotopic (exact) mass is 248 g/mol. The highest BCUT2D eigenvalue weighted by atomic mass is 32.2. The smallest absolute Gasteiger partial charge is 0.279 e. The van der Waals surface area contributed by atoms with Gasteiger partial charge in [0.05, 0.1) is 5.84 Å². The van der Waals surface area contributed by atoms with Gasteiger partial charge in [-0.3, -0.25) is 5.41 Å². The molecule has 0 aromatic rings. The van der Waals surface area contributed by atoms with E-state index in [9.17, 15) is 8.42 Å². The zero-order valence-corrected chi connectivity index (χ0v) is 10.5. The van der Waals surface area contributed by atoms with E-state index in [1.807, 2.05) is 0 Å². The lowest BCUT2D eigenvalue weighted by molar-refractivity contribution is 0.400. The maximum atomic E-state index is 11.9. The van der Waals surface area contributed by atoms with Crippen molar-refractivity contribution < 1.29 is 8.42 Å². The van der Waals surface area contributed by atoms with Gasteiger partial charge in [-0.25, -0.2) is 0 Å². The molecule has 1 rings (SSSR count). The van der Waals surface area contributed by atoms with Crippen molar-refractivity contribution in [2.24, 2.45) is 5.73 Å². The molecule has 0 atom stereocenters. The van der Waals surface area contributed by atoms with Crippen LogP contribution >= 0.6 is 0 Å². The number of nitrogens with two attached hydrogens (primary N) is 1. The first-order chi connectivity index (χ1) is 7.33. The Balaban J connectivity index is 2.65. The number of amidine groups is 1. The quantitative estimate of drug-likeness (QED) is 0.437. The van der Waals surface area contributed by atoms with Gasteiger partial charge in [0.1, 0.15) is 0 Å². The van der Waals surface area contributed by atoms with E-state index < -0.39 is 10.2 Å². The van der Waals surface area contributed by atoms with Crippen LogP contribution in [0.3, 0.4) is 0 Å². The summed E-state index contributed by atoms with van der Waals surface area (Å²) in [6.45, 7) is 3.86. The molecule has 6 nitrogen and oxygen atoms in total. The molecule has 0 aromatic carbocycles. The number of hydrogen-bond donors (Lipinski definition) is 3. The lowest BCUT2D eigenvalue weighted by atomic mass is 10.4. The largest absolute Gasteiger partial charge is 0.388 e. The third-order valence-electron chi connectivity index (χ3n) is 2.25. The molecular formula is C9H20N4O2S. The predicted molar refractivity (Wildman–Crippen MR) is 63.5 cm³/mol. The Bertz CT molecular complexity index is 349. The second kappa shape index (κ2) is 5.11. The molecule has 0 unspecified atom stereocenters. The maximum Gasteiger partial charge on any atom is 0.279 e. The van der Waals surface area contributed by atoms with E-state index in [2.05, 4.69) is 4.72 Å². The van der Waals surface area contributed by atoms with E-state index in [-0.39, 0.29) is 24.3 Å². The molecule has 0 spiro atoms. The summed E-state index contributed by atoms with van der Waals surface area (Å²) < 4.78 is 27.9. The summed E-state index contributed by atoms with van der Waals surface area (Å²) in [7, 11) is -3.42. The number of rotatable bonds is 7. The van der Waals surface area contributed by atoms with Gasteiger partial charge in [0.2, 0.25) is 0 Å². The summed E-state index contributed by atoms with van der Waals surface area (Å²) >= 11 is 0. The van der Waals surface area contributed by atoms with E-state index in [4.69, 9.17) is 11.1 Å². The Morgan fingerprint density at radius 3 is 2.50 bits per heavy atom. The van der Waals surface area contributed by atoms with Crippen LogP contribution in [-0.4, -0.2) is 37.2 Å². The molecule has 1 fully saturated rings. The van der Waals surface area contributed by atoms with Gasteiger partial charge in [-0.15, -0.1) is 0 Å². The van der Waals surface area contributed by atoms with Gasteiger partial charge in [-0.05, 0) is 26.7 Å². The summed E-state index contributed by atoms with van der Waals surface area (Å²) in [4.78, 5) is 0. The summed E-state index contributed by atoms with van der Waals surface area (Å²) in [6.07, 6.45) is 2.09. The van der Waals surface area contributed by atoms with Crippen LogP contribution in [0, 0.1) is 5.41 Å². The van der Waals surface area contributed by atoms with Gasteiger partial charge in [-0.2, -0.15) is 17.4 Å². The lowest BCUT2D eigenvalue weighted by Crippen LogP contribution is -2.45. The average molecular weight is 248 g/mol. The first-order valence-electron chi connectivity index (χ1n) is 5.45. The van der Waals surface area contributed by atoms with Crippen molar-refractivity contribution in [3.05, 3.63) is 0 Å². The molecule has 0 bridgehead atoms. The van der Waals surface area contributed by atoms with Gasteiger partial charge >= 0.3 is 0 Å². The van der Waals surface area contributed by atoms with E-state index in [1.54, 1.807) is 13.8 Å². The predicted octanol–water partition coefficient (Wildman–Crippen LogP) is 0.0197. The lowest BCUT2D eigenvalue weighted by Gasteiger charge is -2.23. The van der Waals surface area contributed by atoms with Crippen LogP contribution in [0.2, 0.25) is 0 Å². The molecule has 16 heavy (non-hydrogen) atoms. The molecule has 1 saturated carbocycles. The van der Waals surface area contributed by atoms with Gasteiger partial charge in [0, 0.05) is 25.0 Å². The van der Waals surface area contributed by atoms with E-state index in [0.29, 0.717) is 6.54 Å². The van der Waals surface area contributed by atoms with Crippen molar-refractivity contribution >= 4 is 16.0 Å². The van der Waals surface area contributed by atoms with Crippen LogP contribution < -0.4 is 10.5 Å². The molecule has 4 N–H and O–H groups in total. The number of hydrogen-bond acceptors (Lipinski definition) is 3. The summed E-state index contributed by atoms with van der Waals surface area (Å²) in [6, 6.07) is -0.0285. The number of nitrogens with one attached hydrogen (secondary N) is 2. The highest BCUT2D eigenvalue weighted by Crippen LogP contribution is 2.28. The molecule has 94 valence electrons. The zero-order valence-electron chi connectivity index (χ0n) is 9.73. The minimum atomic E-state index is -3.42. The van der Waals surface area contributed by atoms with Gasteiger partial charge in [0.15, 0.2) is 0 Å². The first kappa shape index (κ1) is 13.4. The Labute approximate surface area is 96.9 Å². The van der Waals surface area contributed by atoms with E-state index in [0.717, 1.165) is 12.8 Å². The Kier molecular flexibility index (Phi) is 4.28. The van der Waals surface area contributed by atoms with E-state index in [1.165, 1.54) is 4.31 Å². The van der Waals surface area contributed by atoms with Crippen molar-refractivity contribution in [2.75, 3.05) is 6.54 Å². The van der Waals surface area contributed by atoms with Crippen molar-refractivity contribution in [1.82, 2.24) is 9.03 Å². The fourth-order valence-corrected chi connectivity index (χ4v) is 3.12. The zero-order chi connectivity index (χ0) is 12.3. The highest BCUT2D eigenvalue weighted by molar-refractivity contribution is 7.87. The third kappa shape index (κ3) is 4.07. The minimum Gasteiger partial charge on any atom is -0.388 e. The minimum absolute atomic E-state index is 0.0189. The van der Waals surface area contributed by atoms with Crippen molar-refractivity contribution in [3.8, 4) is 0 Å². The summed E-state index contributed by atoms with van der Waals surface area (Å²) in [5.74, 6) is 0.0189. The van der Waals surface area contributed by atoms with Crippen LogP contribution in [-0.2, 0) is 10.2 Å². The maximum absolute atomic E-state index is 11.9. The van der Waals surface area contributed by atoms with Crippen molar-refractivity contribution in [2.45, 2.75) is 45.2 Å². The van der Waals surface area contributed by atoms with Gasteiger partial charge in [0.25, 0.3) is 10.2 Å². The molecule has 0 radical (unpaired) electrons.